The van der Waals surface area contributed by atoms with Crippen LogP contribution in [0.25, 0.3) is 22.6 Å². The van der Waals surface area contributed by atoms with Crippen molar-refractivity contribution in [3.8, 4) is 46.0 Å². The standard InChI is InChI=1S/C28H14F8O4/c29-17-8-4-15(5-9-17)23-13-21(27(31,32)33)25(39-23)37-19-2-1-3-20(12-19)38-26-22(28(34,35)36)14-24(40-26)16-6-10-18(30)11-7-16/h1-14H. The minimum absolute atomic E-state index is 0.147. The van der Waals surface area contributed by atoms with Crippen molar-refractivity contribution >= 4 is 0 Å². The molecular weight excluding hydrogens is 552 g/mol. The lowest BCUT2D eigenvalue weighted by Gasteiger charge is -2.10. The van der Waals surface area contributed by atoms with E-state index >= 15 is 0 Å². The van der Waals surface area contributed by atoms with Gasteiger partial charge >= 0.3 is 24.2 Å². The van der Waals surface area contributed by atoms with E-state index in [1.165, 1.54) is 42.5 Å². The fraction of sp³-hybridized carbons (Fsp3) is 0.0714. The third kappa shape index (κ3) is 5.80. The van der Waals surface area contributed by atoms with Crippen molar-refractivity contribution in [2.24, 2.45) is 0 Å². The quantitative estimate of drug-likeness (QED) is 0.192. The van der Waals surface area contributed by atoms with E-state index in [4.69, 9.17) is 18.3 Å². The van der Waals surface area contributed by atoms with Crippen LogP contribution in [-0.4, -0.2) is 0 Å². The first-order chi connectivity index (χ1) is 18.9. The summed E-state index contributed by atoms with van der Waals surface area (Å²) in [6.45, 7) is 0. The van der Waals surface area contributed by atoms with Gasteiger partial charge in [-0.3, -0.25) is 0 Å². The SMILES string of the molecule is Fc1ccc(-c2cc(C(F)(F)F)c(Oc3cccc(Oc4oc(-c5ccc(F)cc5)cc4C(F)(F)F)c3)o2)cc1. The summed E-state index contributed by atoms with van der Waals surface area (Å²) in [5.41, 5.74) is -2.25. The molecule has 0 radical (unpaired) electrons. The lowest BCUT2D eigenvalue weighted by Crippen LogP contribution is -2.05. The van der Waals surface area contributed by atoms with E-state index in [0.29, 0.717) is 12.1 Å². The van der Waals surface area contributed by atoms with E-state index in [-0.39, 0.29) is 34.1 Å². The highest BCUT2D eigenvalue weighted by atomic mass is 19.4. The third-order valence-corrected chi connectivity index (χ3v) is 5.49. The summed E-state index contributed by atoms with van der Waals surface area (Å²) in [6.07, 6.45) is -9.78. The van der Waals surface area contributed by atoms with E-state index in [9.17, 15) is 35.1 Å². The molecule has 12 heteroatoms. The molecule has 5 rings (SSSR count). The lowest BCUT2D eigenvalue weighted by atomic mass is 10.1. The first-order valence-electron chi connectivity index (χ1n) is 11.3. The van der Waals surface area contributed by atoms with Gasteiger partial charge in [0.05, 0.1) is 0 Å². The van der Waals surface area contributed by atoms with Crippen LogP contribution in [0.1, 0.15) is 11.1 Å². The molecule has 40 heavy (non-hydrogen) atoms. The molecule has 0 aliphatic carbocycles. The van der Waals surface area contributed by atoms with E-state index in [1.807, 2.05) is 0 Å². The molecule has 0 atom stereocenters. The van der Waals surface area contributed by atoms with Gasteiger partial charge in [-0.1, -0.05) is 6.07 Å². The summed E-state index contributed by atoms with van der Waals surface area (Å²) in [7, 11) is 0. The Hall–Kier alpha value is -4.74. The highest BCUT2D eigenvalue weighted by molar-refractivity contribution is 5.61. The number of rotatable bonds is 6. The molecule has 3 aromatic carbocycles. The van der Waals surface area contributed by atoms with Crippen molar-refractivity contribution in [1.82, 2.24) is 0 Å². The van der Waals surface area contributed by atoms with Gasteiger partial charge in [-0.05, 0) is 60.7 Å². The number of ether oxygens (including phenoxy) is 2. The Labute approximate surface area is 220 Å². The molecular formula is C28H14F8O4. The van der Waals surface area contributed by atoms with E-state index < -0.39 is 47.0 Å². The van der Waals surface area contributed by atoms with Gasteiger partial charge in [0.1, 0.15) is 45.8 Å². The second kappa shape index (κ2) is 10.1. The van der Waals surface area contributed by atoms with Crippen molar-refractivity contribution < 1.29 is 53.4 Å². The smallest absolute Gasteiger partial charge is 0.423 e. The molecule has 0 bridgehead atoms. The second-order valence-corrected chi connectivity index (χ2v) is 8.31. The first-order valence-corrected chi connectivity index (χ1v) is 11.3. The Balaban J connectivity index is 1.45. The molecule has 0 N–H and O–H groups in total. The maximum atomic E-state index is 13.7. The molecule has 206 valence electrons. The van der Waals surface area contributed by atoms with Crippen LogP contribution >= 0.6 is 0 Å². The van der Waals surface area contributed by atoms with Crippen LogP contribution in [0.2, 0.25) is 0 Å². The van der Waals surface area contributed by atoms with Crippen LogP contribution < -0.4 is 9.47 Å². The zero-order chi connectivity index (χ0) is 28.7. The van der Waals surface area contributed by atoms with Crippen LogP contribution in [-0.2, 0) is 12.4 Å². The molecule has 0 aliphatic rings. The van der Waals surface area contributed by atoms with Crippen molar-refractivity contribution in [1.29, 1.82) is 0 Å². The van der Waals surface area contributed by atoms with Crippen LogP contribution in [0.3, 0.4) is 0 Å². The topological polar surface area (TPSA) is 44.7 Å². The summed E-state index contributed by atoms with van der Waals surface area (Å²) in [5.74, 6) is -4.14. The molecule has 0 saturated carbocycles. The molecule has 2 aromatic heterocycles. The maximum Gasteiger partial charge on any atom is 0.423 e. The Morgan fingerprint density at radius 1 is 0.500 bits per heavy atom. The summed E-state index contributed by atoms with van der Waals surface area (Å²) in [6, 6.07) is 15.1. The molecule has 0 fully saturated rings. The van der Waals surface area contributed by atoms with Crippen molar-refractivity contribution in [2.45, 2.75) is 12.4 Å². The normalized spacial score (nSPS) is 12.0. The van der Waals surface area contributed by atoms with Gasteiger partial charge in [0.15, 0.2) is 0 Å². The Morgan fingerprint density at radius 3 is 1.23 bits per heavy atom. The summed E-state index contributed by atoms with van der Waals surface area (Å²) in [4.78, 5) is 0. The average Bonchev–Trinajstić information content (AvgIpc) is 3.50. The van der Waals surface area contributed by atoms with Gasteiger partial charge in [0.25, 0.3) is 0 Å². The van der Waals surface area contributed by atoms with Crippen LogP contribution in [0, 0.1) is 11.6 Å². The number of halogens is 8. The molecule has 0 aliphatic heterocycles. The van der Waals surface area contributed by atoms with Crippen LogP contribution in [0.4, 0.5) is 35.1 Å². The first kappa shape index (κ1) is 26.9. The molecule has 5 aromatic rings. The monoisotopic (exact) mass is 566 g/mol. The second-order valence-electron chi connectivity index (χ2n) is 8.31. The third-order valence-electron chi connectivity index (χ3n) is 5.49. The number of benzene rings is 3. The van der Waals surface area contributed by atoms with E-state index in [0.717, 1.165) is 30.3 Å². The van der Waals surface area contributed by atoms with Crippen molar-refractivity contribution in [2.75, 3.05) is 0 Å². The van der Waals surface area contributed by atoms with Gasteiger partial charge in [-0.2, -0.15) is 26.3 Å². The Kier molecular flexibility index (Phi) is 6.78. The summed E-state index contributed by atoms with van der Waals surface area (Å²) >= 11 is 0. The fourth-order valence-corrected chi connectivity index (χ4v) is 3.62. The van der Waals surface area contributed by atoms with Gasteiger partial charge in [-0.25, -0.2) is 8.78 Å². The summed E-state index contributed by atoms with van der Waals surface area (Å²) in [5, 5.41) is 0. The van der Waals surface area contributed by atoms with Crippen LogP contribution in [0.15, 0.2) is 93.8 Å². The van der Waals surface area contributed by atoms with Gasteiger partial charge in [-0.15, -0.1) is 0 Å². The molecule has 0 unspecified atom stereocenters. The Morgan fingerprint density at radius 2 is 0.875 bits per heavy atom. The maximum absolute atomic E-state index is 13.7. The number of furan rings is 2. The average molecular weight is 566 g/mol. The molecule has 4 nitrogen and oxygen atoms in total. The van der Waals surface area contributed by atoms with Crippen molar-refractivity contribution in [3.63, 3.8) is 0 Å². The Bertz CT molecular complexity index is 1510. The number of alkyl halides is 6. The highest BCUT2D eigenvalue weighted by Crippen LogP contribution is 2.45. The van der Waals surface area contributed by atoms with Gasteiger partial charge < -0.3 is 18.3 Å². The minimum atomic E-state index is -4.89. The van der Waals surface area contributed by atoms with E-state index in [1.54, 1.807) is 0 Å². The predicted molar refractivity (Wildman–Crippen MR) is 125 cm³/mol. The predicted octanol–water partition coefficient (Wildman–Crippen LogP) is 10.1. The van der Waals surface area contributed by atoms with E-state index in [2.05, 4.69) is 0 Å². The highest BCUT2D eigenvalue weighted by Gasteiger charge is 2.39. The lowest BCUT2D eigenvalue weighted by molar-refractivity contribution is -0.140. The summed E-state index contributed by atoms with van der Waals surface area (Å²) < 4.78 is 130. The fourth-order valence-electron chi connectivity index (χ4n) is 3.62. The van der Waals surface area contributed by atoms with Crippen LogP contribution in [0.5, 0.6) is 23.4 Å². The number of hydrogen-bond acceptors (Lipinski definition) is 4. The molecule has 0 saturated heterocycles. The molecule has 0 spiro atoms. The molecule has 0 amide bonds. The zero-order valence-corrected chi connectivity index (χ0v) is 19.7. The van der Waals surface area contributed by atoms with Crippen molar-refractivity contribution in [3.05, 3.63) is 108 Å². The van der Waals surface area contributed by atoms with Gasteiger partial charge in [0, 0.05) is 29.3 Å². The zero-order valence-electron chi connectivity index (χ0n) is 19.7. The number of hydrogen-bond donors (Lipinski definition) is 0. The minimum Gasteiger partial charge on any atom is -0.425 e. The van der Waals surface area contributed by atoms with Gasteiger partial charge in [0.2, 0.25) is 0 Å². The molecule has 2 heterocycles. The largest absolute Gasteiger partial charge is 0.425 e.